The second kappa shape index (κ2) is 9.73. The molecule has 0 radical (unpaired) electrons. The number of methoxy groups -OCH3 is 1. The lowest BCUT2D eigenvalue weighted by molar-refractivity contribution is -0.133. The number of carbonyl (C=O) groups is 2. The summed E-state index contributed by atoms with van der Waals surface area (Å²) in [5.41, 5.74) is 2.24. The molecule has 2 amide bonds. The zero-order valence-corrected chi connectivity index (χ0v) is 18.6. The summed E-state index contributed by atoms with van der Waals surface area (Å²) in [7, 11) is 1.59. The predicted molar refractivity (Wildman–Crippen MR) is 118 cm³/mol. The van der Waals surface area contributed by atoms with E-state index in [9.17, 15) is 14.0 Å². The Morgan fingerprint density at radius 2 is 2.06 bits per heavy atom. The van der Waals surface area contributed by atoms with Crippen LogP contribution in [0.2, 0.25) is 0 Å². The average molecular weight is 441 g/mol. The van der Waals surface area contributed by atoms with Gasteiger partial charge in [0.05, 0.1) is 19.6 Å². The van der Waals surface area contributed by atoms with Crippen molar-refractivity contribution in [2.45, 2.75) is 51.5 Å². The Morgan fingerprint density at radius 3 is 2.84 bits per heavy atom. The second-order valence-corrected chi connectivity index (χ2v) is 8.46. The molecule has 2 aliphatic heterocycles. The predicted octanol–water partition coefficient (Wildman–Crippen LogP) is 3.15. The molecule has 0 N–H and O–H groups in total. The molecule has 0 saturated carbocycles. The number of aryl methyl sites for hydroxylation is 1. The van der Waals surface area contributed by atoms with Gasteiger partial charge in [-0.05, 0) is 32.3 Å². The third-order valence-electron chi connectivity index (χ3n) is 6.30. The zero-order chi connectivity index (χ0) is 22.7. The normalized spacial score (nSPS) is 18.6. The topological polar surface area (TPSA) is 75.6 Å². The molecule has 1 fully saturated rings. The van der Waals surface area contributed by atoms with E-state index in [0.29, 0.717) is 49.6 Å². The van der Waals surface area contributed by atoms with Crippen LogP contribution in [-0.2, 0) is 27.3 Å². The van der Waals surface area contributed by atoms with E-state index in [2.05, 4.69) is 0 Å². The molecule has 1 aromatic carbocycles. The Bertz CT molecular complexity index is 1010. The van der Waals surface area contributed by atoms with Gasteiger partial charge in [0.25, 0.3) is 0 Å². The third kappa shape index (κ3) is 4.65. The highest BCUT2D eigenvalue weighted by molar-refractivity contribution is 5.95. The van der Waals surface area contributed by atoms with Crippen molar-refractivity contribution >= 4 is 17.6 Å². The fraction of sp³-hybridized carbons (Fsp3) is 0.500. The first-order valence-electron chi connectivity index (χ1n) is 11.2. The molecular weight excluding hydrogens is 411 g/mol. The number of amides is 2. The standard InChI is InChI=1S/C24H29FN4O3/c1-16-19-9-10-22(31)29(15-17-6-3-4-8-20(17)25)24(19)27-23(26-16)18-7-5-12-28(14-18)21(30)11-13-32-2/h3-4,6,8,18H,5,7,9-15H2,1-2H3/t18-/m0/s1. The van der Waals surface area contributed by atoms with E-state index in [-0.39, 0.29) is 30.1 Å². The molecule has 7 nitrogen and oxygen atoms in total. The summed E-state index contributed by atoms with van der Waals surface area (Å²) in [6, 6.07) is 6.49. The number of piperidine rings is 1. The quantitative estimate of drug-likeness (QED) is 0.690. The summed E-state index contributed by atoms with van der Waals surface area (Å²) < 4.78 is 19.3. The van der Waals surface area contributed by atoms with Gasteiger partial charge in [-0.3, -0.25) is 14.5 Å². The Hall–Kier alpha value is -2.87. The number of carbonyl (C=O) groups excluding carboxylic acids is 2. The summed E-state index contributed by atoms with van der Waals surface area (Å²) in [6.07, 6.45) is 3.06. The van der Waals surface area contributed by atoms with E-state index in [1.165, 1.54) is 6.07 Å². The molecule has 1 aromatic heterocycles. The summed E-state index contributed by atoms with van der Waals surface area (Å²) in [4.78, 5) is 38.3. The molecule has 0 aliphatic carbocycles. The number of ether oxygens (including phenoxy) is 1. The van der Waals surface area contributed by atoms with Gasteiger partial charge in [-0.1, -0.05) is 18.2 Å². The molecule has 8 heteroatoms. The van der Waals surface area contributed by atoms with Crippen molar-refractivity contribution in [2.24, 2.45) is 0 Å². The Balaban J connectivity index is 1.61. The van der Waals surface area contributed by atoms with Crippen LogP contribution in [0.5, 0.6) is 0 Å². The number of nitrogens with zero attached hydrogens (tertiary/aromatic N) is 4. The number of likely N-dealkylation sites (tertiary alicyclic amines) is 1. The van der Waals surface area contributed by atoms with Crippen molar-refractivity contribution in [1.29, 1.82) is 0 Å². The first kappa shape index (κ1) is 22.3. The van der Waals surface area contributed by atoms with Gasteiger partial charge in [0.1, 0.15) is 17.5 Å². The van der Waals surface area contributed by atoms with Crippen LogP contribution in [0.25, 0.3) is 0 Å². The highest BCUT2D eigenvalue weighted by atomic mass is 19.1. The van der Waals surface area contributed by atoms with Crippen LogP contribution in [0.4, 0.5) is 10.2 Å². The molecular formula is C24H29FN4O3. The number of anilines is 1. The van der Waals surface area contributed by atoms with Gasteiger partial charge >= 0.3 is 0 Å². The number of hydrogen-bond acceptors (Lipinski definition) is 5. The molecule has 4 rings (SSSR count). The highest BCUT2D eigenvalue weighted by Crippen LogP contribution is 2.33. The third-order valence-corrected chi connectivity index (χ3v) is 6.30. The molecule has 0 spiro atoms. The smallest absolute Gasteiger partial charge is 0.228 e. The van der Waals surface area contributed by atoms with Gasteiger partial charge in [0.15, 0.2) is 0 Å². The first-order chi connectivity index (χ1) is 15.5. The van der Waals surface area contributed by atoms with Gasteiger partial charge in [0.2, 0.25) is 11.8 Å². The summed E-state index contributed by atoms with van der Waals surface area (Å²) in [5, 5.41) is 0. The van der Waals surface area contributed by atoms with E-state index < -0.39 is 0 Å². The largest absolute Gasteiger partial charge is 0.384 e. The number of benzene rings is 1. The molecule has 3 heterocycles. The molecule has 1 atom stereocenters. The van der Waals surface area contributed by atoms with E-state index >= 15 is 0 Å². The van der Waals surface area contributed by atoms with E-state index in [4.69, 9.17) is 14.7 Å². The van der Waals surface area contributed by atoms with E-state index in [0.717, 1.165) is 30.6 Å². The fourth-order valence-corrected chi connectivity index (χ4v) is 4.51. The monoisotopic (exact) mass is 440 g/mol. The number of halogens is 1. The molecule has 0 unspecified atom stereocenters. The van der Waals surface area contributed by atoms with E-state index in [1.54, 1.807) is 30.2 Å². The van der Waals surface area contributed by atoms with Gasteiger partial charge < -0.3 is 9.64 Å². The number of fused-ring (bicyclic) bond motifs is 1. The minimum Gasteiger partial charge on any atom is -0.384 e. The molecule has 1 saturated heterocycles. The molecule has 2 aliphatic rings. The van der Waals surface area contributed by atoms with Crippen LogP contribution < -0.4 is 4.90 Å². The summed E-state index contributed by atoms with van der Waals surface area (Å²) in [6.45, 7) is 3.76. The lowest BCUT2D eigenvalue weighted by atomic mass is 9.95. The van der Waals surface area contributed by atoms with Crippen LogP contribution >= 0.6 is 0 Å². The second-order valence-electron chi connectivity index (χ2n) is 8.46. The maximum absolute atomic E-state index is 14.3. The van der Waals surface area contributed by atoms with Gasteiger partial charge in [-0.2, -0.15) is 0 Å². The lowest BCUT2D eigenvalue weighted by Crippen LogP contribution is -2.40. The van der Waals surface area contributed by atoms with Gasteiger partial charge in [0, 0.05) is 49.4 Å². The Morgan fingerprint density at radius 1 is 1.25 bits per heavy atom. The van der Waals surface area contributed by atoms with Crippen LogP contribution in [0, 0.1) is 12.7 Å². The molecule has 32 heavy (non-hydrogen) atoms. The zero-order valence-electron chi connectivity index (χ0n) is 18.6. The molecule has 0 bridgehead atoms. The maximum Gasteiger partial charge on any atom is 0.228 e. The van der Waals surface area contributed by atoms with Crippen molar-refractivity contribution < 1.29 is 18.7 Å². The first-order valence-corrected chi connectivity index (χ1v) is 11.2. The van der Waals surface area contributed by atoms with Crippen LogP contribution in [0.3, 0.4) is 0 Å². The molecule has 2 aromatic rings. The van der Waals surface area contributed by atoms with E-state index in [1.807, 2.05) is 11.8 Å². The minimum atomic E-state index is -0.337. The van der Waals surface area contributed by atoms with Crippen LogP contribution in [0.15, 0.2) is 24.3 Å². The van der Waals surface area contributed by atoms with Crippen molar-refractivity contribution in [2.75, 3.05) is 31.7 Å². The van der Waals surface area contributed by atoms with Crippen molar-refractivity contribution in [3.05, 3.63) is 52.7 Å². The Labute approximate surface area is 187 Å². The maximum atomic E-state index is 14.3. The van der Waals surface area contributed by atoms with Gasteiger partial charge in [-0.15, -0.1) is 0 Å². The molecule has 170 valence electrons. The minimum absolute atomic E-state index is 0.00610. The SMILES string of the molecule is COCCC(=O)N1CCC[C@H](c2nc(C)c3c(n2)N(Cc2ccccc2F)C(=O)CC3)C1. The Kier molecular flexibility index (Phi) is 6.79. The number of hydrogen-bond donors (Lipinski definition) is 0. The van der Waals surface area contributed by atoms with Crippen LogP contribution in [-0.4, -0.2) is 53.5 Å². The lowest BCUT2D eigenvalue weighted by Gasteiger charge is -2.34. The van der Waals surface area contributed by atoms with Crippen LogP contribution in [0.1, 0.15) is 54.2 Å². The van der Waals surface area contributed by atoms with Crippen molar-refractivity contribution in [1.82, 2.24) is 14.9 Å². The van der Waals surface area contributed by atoms with Gasteiger partial charge in [-0.25, -0.2) is 14.4 Å². The summed E-state index contributed by atoms with van der Waals surface area (Å²) >= 11 is 0. The van der Waals surface area contributed by atoms with Crippen molar-refractivity contribution in [3.8, 4) is 0 Å². The fourth-order valence-electron chi connectivity index (χ4n) is 4.51. The number of rotatable bonds is 6. The average Bonchev–Trinajstić information content (AvgIpc) is 2.80. The van der Waals surface area contributed by atoms with Crippen molar-refractivity contribution in [3.63, 3.8) is 0 Å². The summed E-state index contributed by atoms with van der Waals surface area (Å²) in [5.74, 6) is 0.906. The number of aromatic nitrogens is 2. The highest BCUT2D eigenvalue weighted by Gasteiger charge is 2.32.